The van der Waals surface area contributed by atoms with E-state index < -0.39 is 15.1 Å². The summed E-state index contributed by atoms with van der Waals surface area (Å²) in [7, 11) is -9.59. The van der Waals surface area contributed by atoms with Gasteiger partial charge in [0.05, 0.1) is 6.61 Å². The normalized spacial score (nSPS) is 14.4. The lowest BCUT2D eigenvalue weighted by atomic mass is 10.0. The van der Waals surface area contributed by atoms with Gasteiger partial charge in [-0.3, -0.25) is 0 Å². The van der Waals surface area contributed by atoms with Crippen molar-refractivity contribution in [2.75, 3.05) is 6.61 Å². The van der Waals surface area contributed by atoms with Gasteiger partial charge in [0.15, 0.2) is 0 Å². The molecule has 0 saturated carbocycles. The first-order valence-electron chi connectivity index (χ1n) is 9.53. The molecule has 1 nitrogen and oxygen atoms in total. The fourth-order valence-corrected chi connectivity index (χ4v) is 3.50. The molecule has 0 saturated heterocycles. The van der Waals surface area contributed by atoms with Crippen LogP contribution < -0.4 is 4.74 Å². The van der Waals surface area contributed by atoms with Crippen LogP contribution in [0.25, 0.3) is 0 Å². The Kier molecular flexibility index (Phi) is 6.69. The van der Waals surface area contributed by atoms with Gasteiger partial charge in [-0.15, -0.1) is 0 Å². The van der Waals surface area contributed by atoms with Gasteiger partial charge in [-0.2, -0.15) is 0 Å². The largest absolute Gasteiger partial charge is 0.494 e. The van der Waals surface area contributed by atoms with Crippen LogP contribution in [0.2, 0.25) is 0 Å². The van der Waals surface area contributed by atoms with Crippen LogP contribution in [0.3, 0.4) is 0 Å². The highest BCUT2D eigenvalue weighted by atomic mass is 32.5. The SMILES string of the molecule is CCCCCCCOc1ccc(CCc2ccc(S(F)(F)(F)(F)F)cc2)cc1. The molecular weight excluding hydrogens is 395 g/mol. The number of hydrogen-bond acceptors (Lipinski definition) is 1. The Morgan fingerprint density at radius 3 is 1.68 bits per heavy atom. The van der Waals surface area contributed by atoms with Crippen molar-refractivity contribution in [2.45, 2.75) is 56.8 Å². The van der Waals surface area contributed by atoms with Crippen molar-refractivity contribution in [1.82, 2.24) is 0 Å². The minimum absolute atomic E-state index is 0.467. The molecule has 0 aliphatic heterocycles. The molecule has 0 heterocycles. The number of halogens is 5. The molecule has 0 aliphatic carbocycles. The van der Waals surface area contributed by atoms with E-state index in [1.54, 1.807) is 0 Å². The average Bonchev–Trinajstić information content (AvgIpc) is 2.62. The van der Waals surface area contributed by atoms with E-state index in [1.807, 2.05) is 24.3 Å². The lowest BCUT2D eigenvalue weighted by molar-refractivity contribution is 0.304. The van der Waals surface area contributed by atoms with Crippen LogP contribution in [0.15, 0.2) is 53.4 Å². The van der Waals surface area contributed by atoms with Gasteiger partial charge in [-0.1, -0.05) is 76.3 Å². The third kappa shape index (κ3) is 7.70. The van der Waals surface area contributed by atoms with E-state index in [-0.39, 0.29) is 0 Å². The summed E-state index contributed by atoms with van der Waals surface area (Å²) in [4.78, 5) is -1.85. The summed E-state index contributed by atoms with van der Waals surface area (Å²) in [6.45, 7) is 2.86. The van der Waals surface area contributed by atoms with Crippen molar-refractivity contribution < 1.29 is 24.2 Å². The van der Waals surface area contributed by atoms with Crippen molar-refractivity contribution in [3.05, 3.63) is 59.7 Å². The van der Waals surface area contributed by atoms with E-state index in [0.717, 1.165) is 36.3 Å². The molecule has 0 radical (unpaired) electrons. The summed E-state index contributed by atoms with van der Waals surface area (Å²) in [5, 5.41) is 0. The highest BCUT2D eigenvalue weighted by molar-refractivity contribution is 8.45. The summed E-state index contributed by atoms with van der Waals surface area (Å²) in [5.74, 6) is 0.791. The molecule has 7 heteroatoms. The fourth-order valence-electron chi connectivity index (χ4n) is 2.85. The van der Waals surface area contributed by atoms with Gasteiger partial charge in [-0.25, -0.2) is 0 Å². The summed E-state index contributed by atoms with van der Waals surface area (Å²) in [6.07, 6.45) is 6.94. The molecule has 28 heavy (non-hydrogen) atoms. The second kappa shape index (κ2) is 8.31. The quantitative estimate of drug-likeness (QED) is 0.261. The van der Waals surface area contributed by atoms with E-state index in [2.05, 4.69) is 6.92 Å². The van der Waals surface area contributed by atoms with Crippen molar-refractivity contribution >= 4 is 10.2 Å². The molecule has 0 atom stereocenters. The monoisotopic (exact) mass is 422 g/mol. The maximum Gasteiger partial charge on any atom is 0.310 e. The molecule has 0 fully saturated rings. The summed E-state index contributed by atoms with van der Waals surface area (Å²) in [5.41, 5.74) is 1.59. The van der Waals surface area contributed by atoms with Crippen LogP contribution in [0.4, 0.5) is 19.4 Å². The maximum atomic E-state index is 12.7. The van der Waals surface area contributed by atoms with E-state index in [4.69, 9.17) is 4.74 Å². The van der Waals surface area contributed by atoms with Crippen LogP contribution in [-0.2, 0) is 12.8 Å². The van der Waals surface area contributed by atoms with Crippen LogP contribution >= 0.6 is 10.2 Å². The van der Waals surface area contributed by atoms with E-state index in [9.17, 15) is 19.4 Å². The molecule has 0 bridgehead atoms. The van der Waals surface area contributed by atoms with Crippen molar-refractivity contribution in [2.24, 2.45) is 0 Å². The van der Waals surface area contributed by atoms with E-state index >= 15 is 0 Å². The number of rotatable bonds is 11. The van der Waals surface area contributed by atoms with Crippen molar-refractivity contribution in [1.29, 1.82) is 0 Å². The smallest absolute Gasteiger partial charge is 0.310 e. The first-order chi connectivity index (χ1) is 13.0. The Hall–Kier alpha value is -1.76. The highest BCUT2D eigenvalue weighted by Crippen LogP contribution is 3.02. The number of benzene rings is 2. The molecule has 0 unspecified atom stereocenters. The molecule has 2 aromatic carbocycles. The van der Waals surface area contributed by atoms with Gasteiger partial charge in [0.25, 0.3) is 0 Å². The van der Waals surface area contributed by atoms with Gasteiger partial charge in [0.1, 0.15) is 10.6 Å². The Bertz CT molecular complexity index is 740. The molecule has 0 amide bonds. The zero-order valence-corrected chi connectivity index (χ0v) is 16.8. The third-order valence-corrected chi connectivity index (χ3v) is 5.67. The molecule has 0 N–H and O–H groups in total. The zero-order chi connectivity index (χ0) is 20.7. The molecule has 158 valence electrons. The number of unbranched alkanes of at least 4 members (excludes halogenated alkanes) is 4. The Morgan fingerprint density at radius 1 is 0.679 bits per heavy atom. The minimum Gasteiger partial charge on any atom is -0.494 e. The van der Waals surface area contributed by atoms with Gasteiger partial charge >= 0.3 is 10.2 Å². The lowest BCUT2D eigenvalue weighted by Gasteiger charge is -2.40. The Morgan fingerprint density at radius 2 is 1.18 bits per heavy atom. The Balaban J connectivity index is 1.80. The van der Waals surface area contributed by atoms with Gasteiger partial charge < -0.3 is 4.74 Å². The van der Waals surface area contributed by atoms with Gasteiger partial charge in [0.2, 0.25) is 0 Å². The fraction of sp³-hybridized carbons (Fsp3) is 0.429. The molecule has 0 aliphatic rings. The molecule has 2 rings (SSSR count). The van der Waals surface area contributed by atoms with Crippen molar-refractivity contribution in [3.63, 3.8) is 0 Å². The Labute approximate surface area is 163 Å². The summed E-state index contributed by atoms with van der Waals surface area (Å²) >= 11 is 0. The number of ether oxygens (including phenoxy) is 1. The minimum atomic E-state index is -9.59. The molecule has 0 spiro atoms. The predicted octanol–water partition coefficient (Wildman–Crippen LogP) is 8.48. The second-order valence-corrected chi connectivity index (χ2v) is 9.43. The van der Waals surface area contributed by atoms with Crippen LogP contribution in [-0.4, -0.2) is 6.61 Å². The first-order valence-corrected chi connectivity index (χ1v) is 11.5. The van der Waals surface area contributed by atoms with Gasteiger partial charge in [-0.05, 0) is 54.7 Å². The highest BCUT2D eigenvalue weighted by Gasteiger charge is 2.65. The van der Waals surface area contributed by atoms with Crippen LogP contribution in [0.5, 0.6) is 5.75 Å². The first kappa shape index (κ1) is 22.5. The summed E-state index contributed by atoms with van der Waals surface area (Å²) in [6, 6.07) is 10.7. The lowest BCUT2D eigenvalue weighted by Crippen LogP contribution is -2.06. The van der Waals surface area contributed by atoms with Crippen molar-refractivity contribution in [3.8, 4) is 5.75 Å². The van der Waals surface area contributed by atoms with Crippen LogP contribution in [0, 0.1) is 0 Å². The van der Waals surface area contributed by atoms with Crippen LogP contribution in [0.1, 0.15) is 50.2 Å². The zero-order valence-electron chi connectivity index (χ0n) is 16.0. The van der Waals surface area contributed by atoms with E-state index in [0.29, 0.717) is 37.1 Å². The number of aryl methyl sites for hydroxylation is 2. The number of hydrogen-bond donors (Lipinski definition) is 0. The second-order valence-electron chi connectivity index (χ2n) is 7.02. The maximum absolute atomic E-state index is 12.7. The van der Waals surface area contributed by atoms with Gasteiger partial charge in [0, 0.05) is 0 Å². The molecule has 2 aromatic rings. The third-order valence-electron chi connectivity index (χ3n) is 4.51. The summed E-state index contributed by atoms with van der Waals surface area (Å²) < 4.78 is 69.3. The predicted molar refractivity (Wildman–Crippen MR) is 106 cm³/mol. The molecular formula is C21H27F5OS. The van der Waals surface area contributed by atoms with E-state index in [1.165, 1.54) is 19.3 Å². The standard InChI is InChI=1S/C21H27F5OS/c1-2-3-4-5-6-17-27-20-13-9-18(10-14-20)7-8-19-11-15-21(16-12-19)28(22,23,24,25)26/h9-16H,2-8,17H2,1H3. The topological polar surface area (TPSA) is 9.23 Å². The molecule has 0 aromatic heterocycles. The average molecular weight is 423 g/mol.